The van der Waals surface area contributed by atoms with Gasteiger partial charge < -0.3 is 10.4 Å². The molecule has 0 spiro atoms. The SMILES string of the molecule is CC(=O)N[C@@H]([C]=O)CC(=O)O. The number of carbonyl (C=O) groups is 2. The van der Waals surface area contributed by atoms with Crippen molar-refractivity contribution in [2.45, 2.75) is 19.4 Å². The highest BCUT2D eigenvalue weighted by Gasteiger charge is 2.13. The van der Waals surface area contributed by atoms with Gasteiger partial charge in [0, 0.05) is 6.92 Å². The van der Waals surface area contributed by atoms with Gasteiger partial charge in [-0.3, -0.25) is 14.4 Å². The van der Waals surface area contributed by atoms with Crippen LogP contribution in [-0.4, -0.2) is 29.3 Å². The topological polar surface area (TPSA) is 83.5 Å². The predicted molar refractivity (Wildman–Crippen MR) is 35.6 cm³/mol. The van der Waals surface area contributed by atoms with Gasteiger partial charge in [-0.15, -0.1) is 0 Å². The van der Waals surface area contributed by atoms with Crippen LogP contribution < -0.4 is 5.32 Å². The fraction of sp³-hybridized carbons (Fsp3) is 0.500. The van der Waals surface area contributed by atoms with Crippen LogP contribution in [0, 0.1) is 0 Å². The Hall–Kier alpha value is -1.39. The van der Waals surface area contributed by atoms with Gasteiger partial charge in [-0.25, -0.2) is 0 Å². The molecule has 0 saturated carbocycles. The van der Waals surface area contributed by atoms with Gasteiger partial charge >= 0.3 is 5.97 Å². The van der Waals surface area contributed by atoms with Gasteiger partial charge in [-0.2, -0.15) is 0 Å². The number of amides is 1. The summed E-state index contributed by atoms with van der Waals surface area (Å²) in [5.74, 6) is -1.59. The molecule has 61 valence electrons. The summed E-state index contributed by atoms with van der Waals surface area (Å²) >= 11 is 0. The lowest BCUT2D eigenvalue weighted by molar-refractivity contribution is -0.137. The second-order valence-corrected chi connectivity index (χ2v) is 1.97. The van der Waals surface area contributed by atoms with Crippen molar-refractivity contribution >= 4 is 18.2 Å². The maximum atomic E-state index is 10.3. The van der Waals surface area contributed by atoms with Crippen molar-refractivity contribution in [3.8, 4) is 0 Å². The monoisotopic (exact) mass is 158 g/mol. The first-order chi connectivity index (χ1) is 5.06. The largest absolute Gasteiger partial charge is 0.481 e. The van der Waals surface area contributed by atoms with E-state index >= 15 is 0 Å². The highest BCUT2D eigenvalue weighted by atomic mass is 16.4. The summed E-state index contributed by atoms with van der Waals surface area (Å²) in [5.41, 5.74) is 0. The number of carboxylic acids is 1. The third-order valence-electron chi connectivity index (χ3n) is 0.898. The van der Waals surface area contributed by atoms with Gasteiger partial charge in [0.05, 0.1) is 6.42 Å². The fourth-order valence-corrected chi connectivity index (χ4v) is 0.542. The van der Waals surface area contributed by atoms with Crippen LogP contribution in [0.3, 0.4) is 0 Å². The molecule has 0 aromatic heterocycles. The van der Waals surface area contributed by atoms with Gasteiger partial charge in [0.2, 0.25) is 12.2 Å². The summed E-state index contributed by atoms with van der Waals surface area (Å²) in [4.78, 5) is 30.3. The molecule has 1 atom stereocenters. The molecule has 5 heteroatoms. The summed E-state index contributed by atoms with van der Waals surface area (Å²) < 4.78 is 0. The molecule has 0 aliphatic rings. The summed E-state index contributed by atoms with van der Waals surface area (Å²) in [5, 5.41) is 10.3. The summed E-state index contributed by atoms with van der Waals surface area (Å²) in [6.45, 7) is 1.20. The van der Waals surface area contributed by atoms with E-state index in [1.807, 2.05) is 0 Å². The molecule has 0 fully saturated rings. The number of nitrogens with one attached hydrogen (secondary N) is 1. The molecule has 0 bridgehead atoms. The zero-order valence-corrected chi connectivity index (χ0v) is 5.96. The minimum atomic E-state index is -1.15. The number of carbonyl (C=O) groups excluding carboxylic acids is 2. The molecule has 0 aliphatic heterocycles. The number of aliphatic carboxylic acids is 1. The Morgan fingerprint density at radius 2 is 2.18 bits per heavy atom. The smallest absolute Gasteiger partial charge is 0.305 e. The quantitative estimate of drug-likeness (QED) is 0.554. The van der Waals surface area contributed by atoms with Crippen molar-refractivity contribution < 1.29 is 19.5 Å². The fourth-order valence-electron chi connectivity index (χ4n) is 0.542. The van der Waals surface area contributed by atoms with Crippen LogP contribution in [0.4, 0.5) is 0 Å². The number of carboxylic acid groups (broad SMARTS) is 1. The van der Waals surface area contributed by atoms with Crippen LogP contribution in [0.1, 0.15) is 13.3 Å². The molecule has 0 rings (SSSR count). The maximum Gasteiger partial charge on any atom is 0.305 e. The highest BCUT2D eigenvalue weighted by molar-refractivity contribution is 5.80. The molecule has 0 aromatic rings. The molecule has 1 amide bonds. The summed E-state index contributed by atoms with van der Waals surface area (Å²) in [7, 11) is 0. The Kier molecular flexibility index (Phi) is 3.87. The van der Waals surface area contributed by atoms with Crippen molar-refractivity contribution in [1.29, 1.82) is 0 Å². The molecule has 0 heterocycles. The van der Waals surface area contributed by atoms with E-state index in [4.69, 9.17) is 5.11 Å². The van der Waals surface area contributed by atoms with E-state index in [-0.39, 0.29) is 0 Å². The van der Waals surface area contributed by atoms with Crippen LogP contribution in [0.25, 0.3) is 0 Å². The average Bonchev–Trinajstić information content (AvgIpc) is 1.84. The predicted octanol–water partition coefficient (Wildman–Crippen LogP) is -0.925. The minimum absolute atomic E-state index is 0.428. The molecular weight excluding hydrogens is 150 g/mol. The van der Waals surface area contributed by atoms with Crippen LogP contribution in [0.2, 0.25) is 0 Å². The van der Waals surface area contributed by atoms with Crippen LogP contribution >= 0.6 is 0 Å². The first kappa shape index (κ1) is 9.61. The van der Waals surface area contributed by atoms with Crippen LogP contribution in [-0.2, 0) is 14.4 Å². The second-order valence-electron chi connectivity index (χ2n) is 1.97. The highest BCUT2D eigenvalue weighted by Crippen LogP contribution is 1.87. The van der Waals surface area contributed by atoms with Gasteiger partial charge in [0.25, 0.3) is 0 Å². The molecule has 2 N–H and O–H groups in total. The Bertz CT molecular complexity index is 161. The Balaban J connectivity index is 3.85. The molecule has 0 aromatic carbocycles. The first-order valence-electron chi connectivity index (χ1n) is 2.93. The van der Waals surface area contributed by atoms with Gasteiger partial charge in [0.1, 0.15) is 6.04 Å². The Morgan fingerprint density at radius 3 is 2.45 bits per heavy atom. The van der Waals surface area contributed by atoms with E-state index in [2.05, 4.69) is 5.32 Å². The van der Waals surface area contributed by atoms with E-state index in [1.165, 1.54) is 13.2 Å². The van der Waals surface area contributed by atoms with Gasteiger partial charge in [-0.1, -0.05) is 0 Å². The molecular formula is C6H8NO4. The van der Waals surface area contributed by atoms with E-state index in [0.717, 1.165) is 0 Å². The van der Waals surface area contributed by atoms with Crippen molar-refractivity contribution in [3.05, 3.63) is 0 Å². The molecule has 0 saturated heterocycles. The van der Waals surface area contributed by atoms with Crippen molar-refractivity contribution in [2.75, 3.05) is 0 Å². The number of rotatable bonds is 4. The van der Waals surface area contributed by atoms with Crippen LogP contribution in [0.5, 0.6) is 0 Å². The Labute approximate surface area is 63.4 Å². The molecule has 1 radical (unpaired) electrons. The Morgan fingerprint density at radius 1 is 1.64 bits per heavy atom. The number of hydrogen-bond acceptors (Lipinski definition) is 3. The maximum absolute atomic E-state index is 10.3. The normalized spacial score (nSPS) is 11.7. The van der Waals surface area contributed by atoms with Crippen molar-refractivity contribution in [1.82, 2.24) is 5.32 Å². The van der Waals surface area contributed by atoms with E-state index in [0.29, 0.717) is 0 Å². The zero-order chi connectivity index (χ0) is 8.85. The lowest BCUT2D eigenvalue weighted by atomic mass is 10.2. The van der Waals surface area contributed by atoms with E-state index in [9.17, 15) is 14.4 Å². The summed E-state index contributed by atoms with van der Waals surface area (Å²) in [6.07, 6.45) is 0.974. The average molecular weight is 158 g/mol. The lowest BCUT2D eigenvalue weighted by Crippen LogP contribution is -2.35. The van der Waals surface area contributed by atoms with E-state index in [1.54, 1.807) is 0 Å². The first-order valence-corrected chi connectivity index (χ1v) is 2.93. The molecule has 5 nitrogen and oxygen atoms in total. The lowest BCUT2D eigenvalue weighted by Gasteiger charge is -2.05. The van der Waals surface area contributed by atoms with E-state index < -0.39 is 24.3 Å². The second kappa shape index (κ2) is 4.43. The summed E-state index contributed by atoms with van der Waals surface area (Å²) in [6, 6.07) is -1.04. The van der Waals surface area contributed by atoms with Crippen LogP contribution in [0.15, 0.2) is 0 Å². The van der Waals surface area contributed by atoms with Crippen molar-refractivity contribution in [3.63, 3.8) is 0 Å². The zero-order valence-electron chi connectivity index (χ0n) is 5.96. The molecule has 0 aliphatic carbocycles. The van der Waals surface area contributed by atoms with Gasteiger partial charge in [0.15, 0.2) is 0 Å². The minimum Gasteiger partial charge on any atom is -0.481 e. The molecule has 11 heavy (non-hydrogen) atoms. The molecule has 0 unspecified atom stereocenters. The third-order valence-corrected chi connectivity index (χ3v) is 0.898. The van der Waals surface area contributed by atoms with Crippen molar-refractivity contribution in [2.24, 2.45) is 0 Å². The van der Waals surface area contributed by atoms with Gasteiger partial charge in [-0.05, 0) is 0 Å². The standard InChI is InChI=1S/C6H8NO4/c1-4(9)7-5(3-8)2-6(10)11/h5H,2H2,1H3,(H,7,9)(H,10,11)/t5-/m1/s1. The third kappa shape index (κ3) is 5.07. The number of hydrogen-bond donors (Lipinski definition) is 2.